The summed E-state index contributed by atoms with van der Waals surface area (Å²) < 4.78 is 0.740. The lowest BCUT2D eigenvalue weighted by atomic mass is 10.4. The molecule has 0 bridgehead atoms. The lowest BCUT2D eigenvalue weighted by Crippen LogP contribution is -2.30. The van der Waals surface area contributed by atoms with Crippen molar-refractivity contribution in [3.8, 4) is 0 Å². The molecular formula is C7H10ClN3S. The zero-order chi connectivity index (χ0) is 8.97. The van der Waals surface area contributed by atoms with Gasteiger partial charge in [0.25, 0.3) is 0 Å². The van der Waals surface area contributed by atoms with Crippen molar-refractivity contribution in [1.29, 1.82) is 0 Å². The Morgan fingerprint density at radius 3 is 2.92 bits per heavy atom. The van der Waals surface area contributed by atoms with Crippen LogP contribution in [-0.2, 0) is 0 Å². The third-order valence-electron chi connectivity index (χ3n) is 1.26. The van der Waals surface area contributed by atoms with E-state index in [4.69, 9.17) is 17.4 Å². The Hall–Kier alpha value is -0.580. The van der Waals surface area contributed by atoms with Crippen molar-refractivity contribution in [3.63, 3.8) is 0 Å². The molecule has 0 atom stereocenters. The van der Waals surface area contributed by atoms with E-state index in [9.17, 15) is 0 Å². The molecule has 0 radical (unpaired) electrons. The fourth-order valence-corrected chi connectivity index (χ4v) is 1.81. The quantitative estimate of drug-likeness (QED) is 0.332. The van der Waals surface area contributed by atoms with Gasteiger partial charge in [-0.05, 0) is 19.1 Å². The number of amidine groups is 1. The van der Waals surface area contributed by atoms with Crippen LogP contribution in [0.2, 0.25) is 4.34 Å². The van der Waals surface area contributed by atoms with Gasteiger partial charge in [0.2, 0.25) is 0 Å². The van der Waals surface area contributed by atoms with Gasteiger partial charge in [0, 0.05) is 6.54 Å². The summed E-state index contributed by atoms with van der Waals surface area (Å²) in [5.41, 5.74) is 2.53. The van der Waals surface area contributed by atoms with E-state index < -0.39 is 0 Å². The summed E-state index contributed by atoms with van der Waals surface area (Å²) in [6.45, 7) is 2.65. The van der Waals surface area contributed by atoms with Gasteiger partial charge in [-0.2, -0.15) is 0 Å². The van der Waals surface area contributed by atoms with Gasteiger partial charge in [-0.3, -0.25) is 4.99 Å². The highest BCUT2D eigenvalue weighted by Crippen LogP contribution is 2.21. The van der Waals surface area contributed by atoms with E-state index in [1.165, 1.54) is 11.3 Å². The van der Waals surface area contributed by atoms with Crippen LogP contribution in [0.15, 0.2) is 17.1 Å². The predicted octanol–water partition coefficient (Wildman–Crippen LogP) is 1.63. The van der Waals surface area contributed by atoms with Crippen LogP contribution in [0.5, 0.6) is 0 Å². The van der Waals surface area contributed by atoms with Crippen LogP contribution < -0.4 is 11.3 Å². The third kappa shape index (κ3) is 2.20. The number of hydrazine groups is 1. The highest BCUT2D eigenvalue weighted by atomic mass is 35.5. The van der Waals surface area contributed by atoms with Gasteiger partial charge in [0.1, 0.15) is 0 Å². The van der Waals surface area contributed by atoms with Gasteiger partial charge >= 0.3 is 0 Å². The summed E-state index contributed by atoms with van der Waals surface area (Å²) in [6.07, 6.45) is 0. The Morgan fingerprint density at radius 1 is 1.75 bits per heavy atom. The number of hydrogen-bond donors (Lipinski definition) is 2. The maximum Gasteiger partial charge on any atom is 0.152 e. The zero-order valence-corrected chi connectivity index (χ0v) is 8.25. The summed E-state index contributed by atoms with van der Waals surface area (Å²) in [4.78, 5) is 5.12. The first-order valence-electron chi connectivity index (χ1n) is 3.54. The molecule has 3 nitrogen and oxygen atoms in total. The first-order valence-corrected chi connectivity index (χ1v) is 4.74. The number of halogens is 1. The van der Waals surface area contributed by atoms with E-state index >= 15 is 0 Å². The summed E-state index contributed by atoms with van der Waals surface area (Å²) in [5.74, 6) is 5.97. The smallest absolute Gasteiger partial charge is 0.152 e. The molecule has 0 unspecified atom stereocenters. The molecule has 1 heterocycles. The lowest BCUT2D eigenvalue weighted by Gasteiger charge is -2.00. The van der Waals surface area contributed by atoms with Gasteiger partial charge in [0.15, 0.2) is 5.84 Å². The lowest BCUT2D eigenvalue weighted by molar-refractivity contribution is 0.995. The van der Waals surface area contributed by atoms with Gasteiger partial charge in [-0.25, -0.2) is 5.84 Å². The number of aliphatic imine (C=N–C) groups is 1. The number of nitrogens with zero attached hydrogens (tertiary/aromatic N) is 1. The number of hydrogen-bond acceptors (Lipinski definition) is 3. The predicted molar refractivity (Wildman–Crippen MR) is 53.7 cm³/mol. The molecule has 0 aromatic carbocycles. The molecule has 12 heavy (non-hydrogen) atoms. The van der Waals surface area contributed by atoms with Crippen molar-refractivity contribution in [2.24, 2.45) is 10.8 Å². The van der Waals surface area contributed by atoms with Gasteiger partial charge in [0.05, 0.1) is 9.21 Å². The van der Waals surface area contributed by atoms with Crippen LogP contribution in [0.25, 0.3) is 0 Å². The van der Waals surface area contributed by atoms with E-state index in [1.54, 1.807) is 0 Å². The molecule has 0 spiro atoms. The maximum absolute atomic E-state index is 5.76. The fraction of sp³-hybridized carbons (Fsp3) is 0.286. The molecule has 1 rings (SSSR count). The van der Waals surface area contributed by atoms with Crippen molar-refractivity contribution < 1.29 is 0 Å². The fourth-order valence-electron chi connectivity index (χ4n) is 0.794. The molecule has 0 fully saturated rings. The first kappa shape index (κ1) is 9.51. The maximum atomic E-state index is 5.76. The second-order valence-corrected chi connectivity index (χ2v) is 3.79. The van der Waals surface area contributed by atoms with Crippen molar-refractivity contribution >= 4 is 28.8 Å². The van der Waals surface area contributed by atoms with Crippen molar-refractivity contribution in [1.82, 2.24) is 5.43 Å². The van der Waals surface area contributed by atoms with Crippen LogP contribution in [0.3, 0.4) is 0 Å². The SMILES string of the molecule is CCN=C(NN)c1ccc(Cl)s1. The third-order valence-corrected chi connectivity index (χ3v) is 2.50. The molecule has 0 saturated carbocycles. The molecule has 0 aliphatic rings. The molecule has 0 saturated heterocycles. The van der Waals surface area contributed by atoms with Crippen LogP contribution in [0, 0.1) is 0 Å². The van der Waals surface area contributed by atoms with Crippen LogP contribution >= 0.6 is 22.9 Å². The van der Waals surface area contributed by atoms with Crippen LogP contribution in [0.4, 0.5) is 0 Å². The number of rotatable bonds is 2. The Balaban J connectivity index is 2.87. The molecular weight excluding hydrogens is 194 g/mol. The molecule has 0 amide bonds. The van der Waals surface area contributed by atoms with E-state index in [1.807, 2.05) is 19.1 Å². The second kappa shape index (κ2) is 4.45. The highest BCUT2D eigenvalue weighted by Gasteiger charge is 2.03. The average molecular weight is 204 g/mol. The van der Waals surface area contributed by atoms with E-state index in [2.05, 4.69) is 10.4 Å². The number of thiophene rings is 1. The van der Waals surface area contributed by atoms with Crippen molar-refractivity contribution in [2.75, 3.05) is 6.54 Å². The minimum absolute atomic E-state index is 0.689. The second-order valence-electron chi connectivity index (χ2n) is 2.07. The molecule has 3 N–H and O–H groups in total. The monoisotopic (exact) mass is 203 g/mol. The summed E-state index contributed by atoms with van der Waals surface area (Å²) >= 11 is 7.21. The Labute approximate surface area is 80.2 Å². The zero-order valence-electron chi connectivity index (χ0n) is 6.67. The number of nitrogens with one attached hydrogen (secondary N) is 1. The summed E-state index contributed by atoms with van der Waals surface area (Å²) in [5, 5.41) is 0. The van der Waals surface area contributed by atoms with E-state index in [0.717, 1.165) is 9.21 Å². The van der Waals surface area contributed by atoms with Gasteiger partial charge < -0.3 is 5.43 Å². The molecule has 66 valence electrons. The summed E-state index contributed by atoms with van der Waals surface area (Å²) in [7, 11) is 0. The van der Waals surface area contributed by atoms with Gasteiger partial charge in [-0.15, -0.1) is 11.3 Å². The standard InChI is InChI=1S/C7H10ClN3S/c1-2-10-7(11-9)5-3-4-6(8)12-5/h3-4H,2,9H2,1H3,(H,10,11). The van der Waals surface area contributed by atoms with E-state index in [0.29, 0.717) is 12.4 Å². The molecule has 0 aliphatic carbocycles. The van der Waals surface area contributed by atoms with Gasteiger partial charge in [-0.1, -0.05) is 11.6 Å². The van der Waals surface area contributed by atoms with Crippen LogP contribution in [-0.4, -0.2) is 12.4 Å². The van der Waals surface area contributed by atoms with Crippen molar-refractivity contribution in [2.45, 2.75) is 6.92 Å². The molecule has 1 aromatic heterocycles. The largest absolute Gasteiger partial charge is 0.308 e. The minimum atomic E-state index is 0.689. The highest BCUT2D eigenvalue weighted by molar-refractivity contribution is 7.18. The number of nitrogens with two attached hydrogens (primary N) is 1. The normalized spacial score (nSPS) is 11.8. The first-order chi connectivity index (χ1) is 5.77. The minimum Gasteiger partial charge on any atom is -0.308 e. The molecule has 5 heteroatoms. The Kier molecular flexibility index (Phi) is 3.52. The Bertz CT molecular complexity index is 282. The topological polar surface area (TPSA) is 50.4 Å². The van der Waals surface area contributed by atoms with Crippen LogP contribution in [0.1, 0.15) is 11.8 Å². The summed E-state index contributed by atoms with van der Waals surface area (Å²) in [6, 6.07) is 3.71. The Morgan fingerprint density at radius 2 is 2.50 bits per heavy atom. The van der Waals surface area contributed by atoms with E-state index in [-0.39, 0.29) is 0 Å². The van der Waals surface area contributed by atoms with Crippen molar-refractivity contribution in [3.05, 3.63) is 21.3 Å². The molecule has 1 aromatic rings. The average Bonchev–Trinajstić information content (AvgIpc) is 2.47. The molecule has 0 aliphatic heterocycles.